The van der Waals surface area contributed by atoms with E-state index in [0.717, 1.165) is 30.4 Å². The summed E-state index contributed by atoms with van der Waals surface area (Å²) in [5, 5.41) is 11.2. The van der Waals surface area contributed by atoms with Gasteiger partial charge in [-0.15, -0.1) is 11.3 Å². The molecule has 1 aromatic rings. The summed E-state index contributed by atoms with van der Waals surface area (Å²) in [6, 6.07) is 2.70. The lowest BCUT2D eigenvalue weighted by molar-refractivity contribution is 0.196. The van der Waals surface area contributed by atoms with Gasteiger partial charge in [0.15, 0.2) is 0 Å². The first-order chi connectivity index (χ1) is 9.15. The Bertz CT molecular complexity index is 399. The summed E-state index contributed by atoms with van der Waals surface area (Å²) < 4.78 is 1.15. The predicted molar refractivity (Wildman–Crippen MR) is 84.4 cm³/mol. The highest BCUT2D eigenvalue weighted by Crippen LogP contribution is 2.35. The zero-order chi connectivity index (χ0) is 13.8. The van der Waals surface area contributed by atoms with Gasteiger partial charge in [-0.05, 0) is 53.7 Å². The molecule has 5 heteroatoms. The zero-order valence-electron chi connectivity index (χ0n) is 11.4. The monoisotopic (exact) mass is 346 g/mol. The molecule has 1 fully saturated rings. The first-order valence-electron chi connectivity index (χ1n) is 7.00. The first kappa shape index (κ1) is 15.4. The normalized spacial score (nSPS) is 23.7. The minimum absolute atomic E-state index is 0.179. The molecule has 0 aromatic carbocycles. The van der Waals surface area contributed by atoms with E-state index in [1.54, 1.807) is 11.3 Å². The number of aliphatic hydroxyl groups is 1. The number of hydrogen-bond donors (Lipinski definition) is 2. The van der Waals surface area contributed by atoms with E-state index in [4.69, 9.17) is 10.8 Å². The summed E-state index contributed by atoms with van der Waals surface area (Å²) in [5.74, 6) is 0.625. The minimum atomic E-state index is 0.179. The van der Waals surface area contributed by atoms with E-state index in [9.17, 15) is 0 Å². The molecule has 1 aliphatic rings. The zero-order valence-corrected chi connectivity index (χ0v) is 13.8. The Morgan fingerprint density at radius 1 is 1.63 bits per heavy atom. The number of nitrogens with zero attached hydrogens (tertiary/aromatic N) is 1. The standard InChI is InChI=1S/C14H23BrN2OS/c1-2-12(16)14(13-7-11(15)9-19-13)17-5-3-10(8-17)4-6-18/h7,9-10,12,14,18H,2-6,8,16H2,1H3. The van der Waals surface area contributed by atoms with Crippen LogP contribution in [0, 0.1) is 5.92 Å². The smallest absolute Gasteiger partial charge is 0.0593 e. The van der Waals surface area contributed by atoms with Crippen LogP contribution in [0.2, 0.25) is 0 Å². The second-order valence-electron chi connectivity index (χ2n) is 5.35. The topological polar surface area (TPSA) is 49.5 Å². The summed E-state index contributed by atoms with van der Waals surface area (Å²) in [6.07, 6.45) is 3.08. The van der Waals surface area contributed by atoms with Gasteiger partial charge in [0.1, 0.15) is 0 Å². The molecule has 1 saturated heterocycles. The number of nitrogens with two attached hydrogens (primary N) is 1. The van der Waals surface area contributed by atoms with Crippen molar-refractivity contribution in [3.05, 3.63) is 20.8 Å². The summed E-state index contributed by atoms with van der Waals surface area (Å²) in [5.41, 5.74) is 6.36. The highest BCUT2D eigenvalue weighted by molar-refractivity contribution is 9.10. The number of halogens is 1. The van der Waals surface area contributed by atoms with Gasteiger partial charge in [-0.2, -0.15) is 0 Å². The summed E-state index contributed by atoms with van der Waals surface area (Å²) in [7, 11) is 0. The van der Waals surface area contributed by atoms with E-state index < -0.39 is 0 Å². The molecule has 0 aliphatic carbocycles. The van der Waals surface area contributed by atoms with Gasteiger partial charge in [0, 0.05) is 33.9 Å². The molecule has 108 valence electrons. The van der Waals surface area contributed by atoms with Gasteiger partial charge in [-0.25, -0.2) is 0 Å². The third kappa shape index (κ3) is 3.79. The largest absolute Gasteiger partial charge is 0.396 e. The van der Waals surface area contributed by atoms with Crippen LogP contribution in [0.3, 0.4) is 0 Å². The van der Waals surface area contributed by atoms with Crippen molar-refractivity contribution in [2.75, 3.05) is 19.7 Å². The van der Waals surface area contributed by atoms with Gasteiger partial charge in [-0.1, -0.05) is 6.92 Å². The van der Waals surface area contributed by atoms with Crippen molar-refractivity contribution in [2.45, 2.75) is 38.3 Å². The van der Waals surface area contributed by atoms with Crippen molar-refractivity contribution in [1.29, 1.82) is 0 Å². The molecule has 3 unspecified atom stereocenters. The molecule has 2 heterocycles. The van der Waals surface area contributed by atoms with Crippen molar-refractivity contribution in [3.63, 3.8) is 0 Å². The SMILES string of the molecule is CCC(N)C(c1cc(Br)cs1)N1CCC(CCO)C1. The maximum atomic E-state index is 9.08. The minimum Gasteiger partial charge on any atom is -0.396 e. The fourth-order valence-corrected chi connectivity index (χ4v) is 4.56. The summed E-state index contributed by atoms with van der Waals surface area (Å²) in [4.78, 5) is 3.86. The Kier molecular flexibility index (Phi) is 5.84. The Balaban J connectivity index is 2.11. The van der Waals surface area contributed by atoms with Crippen LogP contribution in [0.25, 0.3) is 0 Å². The van der Waals surface area contributed by atoms with E-state index in [0.29, 0.717) is 18.6 Å². The van der Waals surface area contributed by atoms with Gasteiger partial charge in [0.2, 0.25) is 0 Å². The lowest BCUT2D eigenvalue weighted by atomic mass is 10.0. The lowest BCUT2D eigenvalue weighted by Gasteiger charge is -2.31. The Labute approximate surface area is 127 Å². The quantitative estimate of drug-likeness (QED) is 0.832. The Morgan fingerprint density at radius 2 is 2.42 bits per heavy atom. The van der Waals surface area contributed by atoms with Crippen LogP contribution in [0.15, 0.2) is 15.9 Å². The van der Waals surface area contributed by atoms with Crippen molar-refractivity contribution in [1.82, 2.24) is 4.90 Å². The highest BCUT2D eigenvalue weighted by Gasteiger charge is 2.32. The van der Waals surface area contributed by atoms with Crippen LogP contribution in [-0.4, -0.2) is 35.7 Å². The number of hydrogen-bond acceptors (Lipinski definition) is 4. The molecule has 3 atom stereocenters. The van der Waals surface area contributed by atoms with E-state index in [-0.39, 0.29) is 6.04 Å². The van der Waals surface area contributed by atoms with Gasteiger partial charge in [0.05, 0.1) is 6.04 Å². The third-order valence-corrected chi connectivity index (χ3v) is 5.77. The maximum Gasteiger partial charge on any atom is 0.0593 e. The fourth-order valence-electron chi connectivity index (χ4n) is 2.90. The molecule has 3 N–H and O–H groups in total. The Hall–Kier alpha value is 0.0600. The van der Waals surface area contributed by atoms with Crippen LogP contribution in [0.4, 0.5) is 0 Å². The number of rotatable bonds is 6. The number of thiophene rings is 1. The summed E-state index contributed by atoms with van der Waals surface area (Å²) >= 11 is 5.32. The van der Waals surface area contributed by atoms with E-state index in [2.05, 4.69) is 39.2 Å². The van der Waals surface area contributed by atoms with Crippen LogP contribution in [0.5, 0.6) is 0 Å². The molecule has 0 amide bonds. The molecule has 0 spiro atoms. The average Bonchev–Trinajstić information content (AvgIpc) is 3.00. The van der Waals surface area contributed by atoms with Crippen LogP contribution in [0.1, 0.15) is 37.1 Å². The van der Waals surface area contributed by atoms with Crippen molar-refractivity contribution >= 4 is 27.3 Å². The molecule has 0 saturated carbocycles. The molecular weight excluding hydrogens is 324 g/mol. The van der Waals surface area contributed by atoms with Gasteiger partial charge in [0.25, 0.3) is 0 Å². The summed E-state index contributed by atoms with van der Waals surface area (Å²) in [6.45, 7) is 4.61. The van der Waals surface area contributed by atoms with Gasteiger partial charge < -0.3 is 10.8 Å². The van der Waals surface area contributed by atoms with Crippen molar-refractivity contribution in [2.24, 2.45) is 11.7 Å². The van der Waals surface area contributed by atoms with E-state index in [1.807, 2.05) is 0 Å². The molecular formula is C14H23BrN2OS. The van der Waals surface area contributed by atoms with Gasteiger partial charge in [-0.3, -0.25) is 4.90 Å². The maximum absolute atomic E-state index is 9.08. The van der Waals surface area contributed by atoms with Gasteiger partial charge >= 0.3 is 0 Å². The molecule has 2 rings (SSSR count). The molecule has 0 bridgehead atoms. The average molecular weight is 347 g/mol. The van der Waals surface area contributed by atoms with E-state index >= 15 is 0 Å². The molecule has 1 aromatic heterocycles. The first-order valence-corrected chi connectivity index (χ1v) is 8.67. The molecule has 19 heavy (non-hydrogen) atoms. The number of aliphatic hydroxyl groups excluding tert-OH is 1. The lowest BCUT2D eigenvalue weighted by Crippen LogP contribution is -2.39. The predicted octanol–water partition coefficient (Wildman–Crippen LogP) is 2.99. The van der Waals surface area contributed by atoms with Crippen molar-refractivity contribution in [3.8, 4) is 0 Å². The number of likely N-dealkylation sites (tertiary alicyclic amines) is 1. The molecule has 0 radical (unpaired) electrons. The fraction of sp³-hybridized carbons (Fsp3) is 0.714. The van der Waals surface area contributed by atoms with Crippen molar-refractivity contribution < 1.29 is 5.11 Å². The molecule has 3 nitrogen and oxygen atoms in total. The van der Waals surface area contributed by atoms with Crippen LogP contribution in [-0.2, 0) is 0 Å². The second-order valence-corrected chi connectivity index (χ2v) is 7.20. The Morgan fingerprint density at radius 3 is 3.00 bits per heavy atom. The molecule has 1 aliphatic heterocycles. The van der Waals surface area contributed by atoms with Crippen LogP contribution < -0.4 is 5.73 Å². The second kappa shape index (κ2) is 7.18. The highest BCUT2D eigenvalue weighted by atomic mass is 79.9. The van der Waals surface area contributed by atoms with Crippen LogP contribution >= 0.6 is 27.3 Å². The van der Waals surface area contributed by atoms with E-state index in [1.165, 1.54) is 11.3 Å². The third-order valence-electron chi connectivity index (χ3n) is 4.00.